The first-order chi connectivity index (χ1) is 20.1. The molecule has 3 heterocycles. The van der Waals surface area contributed by atoms with Crippen molar-refractivity contribution < 1.29 is 29.2 Å². The lowest BCUT2D eigenvalue weighted by molar-refractivity contribution is -0.385. The van der Waals surface area contributed by atoms with Gasteiger partial charge in [0.25, 0.3) is 5.69 Å². The van der Waals surface area contributed by atoms with E-state index in [2.05, 4.69) is 4.98 Å². The minimum atomic E-state index is -1.26. The molecule has 0 spiro atoms. The molecule has 1 aromatic heterocycles. The molecule has 2 amide bonds. The van der Waals surface area contributed by atoms with Crippen LogP contribution in [0.5, 0.6) is 5.75 Å². The summed E-state index contributed by atoms with van der Waals surface area (Å²) in [4.78, 5) is 66.4. The number of nitrogens with zero attached hydrogens (tertiary/aromatic N) is 2. The van der Waals surface area contributed by atoms with Crippen LogP contribution < -0.4 is 9.61 Å². The highest BCUT2D eigenvalue weighted by molar-refractivity contribution is 8.00. The molecule has 42 heavy (non-hydrogen) atoms. The van der Waals surface area contributed by atoms with E-state index in [0.29, 0.717) is 32.7 Å². The summed E-state index contributed by atoms with van der Waals surface area (Å²) in [6, 6.07) is 11.6. The summed E-state index contributed by atoms with van der Waals surface area (Å²) in [6.45, 7) is -0.578. The van der Waals surface area contributed by atoms with Crippen molar-refractivity contribution in [3.8, 4) is 5.75 Å². The lowest BCUT2D eigenvalue weighted by Gasteiger charge is -2.43. The van der Waals surface area contributed by atoms with E-state index in [1.807, 2.05) is 12.1 Å². The Balaban J connectivity index is 1.33. The molecule has 7 rings (SSSR count). The average molecular weight is 628 g/mol. The smallest absolute Gasteiger partial charge is 0.323 e. The van der Waals surface area contributed by atoms with E-state index in [1.54, 1.807) is 18.2 Å². The van der Waals surface area contributed by atoms with Crippen molar-refractivity contribution in [1.29, 1.82) is 0 Å². The summed E-state index contributed by atoms with van der Waals surface area (Å²) >= 11 is 8.84. The molecular formula is C28H22ClN3O8S2. The number of halogens is 1. The Labute approximate surface area is 251 Å². The third-order valence-electron chi connectivity index (χ3n) is 8.99. The number of likely N-dealkylation sites (tertiary alicyclic amines) is 1. The number of carbonyl (C=O) groups is 3. The topological polar surface area (TPSA) is 160 Å². The number of benzene rings is 2. The van der Waals surface area contributed by atoms with Crippen LogP contribution >= 0.6 is 34.7 Å². The van der Waals surface area contributed by atoms with Crippen LogP contribution in [-0.2, 0) is 21.0 Å². The maximum Gasteiger partial charge on any atom is 0.323 e. The van der Waals surface area contributed by atoms with E-state index in [0.717, 1.165) is 21.8 Å². The highest BCUT2D eigenvalue weighted by Gasteiger charge is 2.69. The van der Waals surface area contributed by atoms with Crippen molar-refractivity contribution in [3.63, 3.8) is 0 Å². The second-order valence-electron chi connectivity index (χ2n) is 11.0. The molecule has 0 radical (unpaired) electrons. The van der Waals surface area contributed by atoms with Gasteiger partial charge in [-0.1, -0.05) is 41.1 Å². The van der Waals surface area contributed by atoms with Crippen LogP contribution in [0.15, 0.2) is 52.3 Å². The maximum absolute atomic E-state index is 13.4. The Morgan fingerprint density at radius 2 is 1.88 bits per heavy atom. The fraction of sp³-hybridized carbons (Fsp3) is 0.357. The summed E-state index contributed by atoms with van der Waals surface area (Å²) in [5, 5.41) is 22.2. The number of nitro groups is 1. The van der Waals surface area contributed by atoms with E-state index in [9.17, 15) is 34.4 Å². The molecule has 14 heteroatoms. The quantitative estimate of drug-likeness (QED) is 0.223. The second-order valence-corrected chi connectivity index (χ2v) is 13.6. The molecule has 2 saturated carbocycles. The van der Waals surface area contributed by atoms with Gasteiger partial charge in [0, 0.05) is 44.3 Å². The number of thioether (sulfide) groups is 1. The largest absolute Gasteiger partial charge is 0.489 e. The molecule has 1 saturated heterocycles. The van der Waals surface area contributed by atoms with Crippen molar-refractivity contribution in [1.82, 2.24) is 9.88 Å². The van der Waals surface area contributed by atoms with Crippen LogP contribution in [0, 0.1) is 39.7 Å². The van der Waals surface area contributed by atoms with Crippen LogP contribution in [0.25, 0.3) is 0 Å². The van der Waals surface area contributed by atoms with Crippen LogP contribution in [-0.4, -0.2) is 49.5 Å². The van der Waals surface area contributed by atoms with Gasteiger partial charge in [0.2, 0.25) is 11.8 Å². The molecule has 2 aliphatic carbocycles. The molecule has 11 nitrogen and oxygen atoms in total. The maximum atomic E-state index is 13.4. The lowest BCUT2D eigenvalue weighted by atomic mass is 9.68. The molecule has 0 unspecified atom stereocenters. The number of carbonyl (C=O) groups excluding carboxylic acids is 2. The van der Waals surface area contributed by atoms with Crippen molar-refractivity contribution in [2.75, 3.05) is 6.54 Å². The van der Waals surface area contributed by atoms with Crippen LogP contribution in [0.4, 0.5) is 5.69 Å². The van der Waals surface area contributed by atoms with E-state index in [-0.39, 0.29) is 40.2 Å². The minimum Gasteiger partial charge on any atom is -0.489 e. The van der Waals surface area contributed by atoms with Gasteiger partial charge in [-0.3, -0.25) is 34.2 Å². The van der Waals surface area contributed by atoms with Crippen molar-refractivity contribution in [2.45, 2.75) is 29.2 Å². The zero-order valence-corrected chi connectivity index (χ0v) is 24.0. The van der Waals surface area contributed by atoms with Gasteiger partial charge in [0.05, 0.1) is 21.8 Å². The van der Waals surface area contributed by atoms with Crippen molar-refractivity contribution in [2.24, 2.45) is 29.6 Å². The number of fused-ring (bicyclic) bond motifs is 9. The second kappa shape index (κ2) is 9.96. The lowest BCUT2D eigenvalue weighted by Crippen LogP contribution is -2.42. The van der Waals surface area contributed by atoms with Gasteiger partial charge in [-0.2, -0.15) is 0 Å². The summed E-state index contributed by atoms with van der Waals surface area (Å²) < 4.78 is 6.24. The number of amides is 2. The standard InChI is InChI=1S/C28H22ClN3O8S2/c29-16-4-2-1-3-11(16)10-40-17-6-5-12(32(38)39)7-13(17)19-20-14-8-15(23(20)41-25-24(19)42-28(37)30-25)22-21(14)26(35)31(27(22)36)9-18(33)34/h1-7,14-15,19-23H,8-10H2,(H,30,37)(H,33,34)/t14-,15-,19+,20-,21+,22-,23-/m1/s1. The monoisotopic (exact) mass is 627 g/mol. The summed E-state index contributed by atoms with van der Waals surface area (Å²) in [6.07, 6.45) is 0.594. The molecule has 7 atom stereocenters. The number of aromatic nitrogens is 1. The number of hydrogen-bond acceptors (Lipinski definition) is 9. The van der Waals surface area contributed by atoms with E-state index < -0.39 is 47.0 Å². The molecular weight excluding hydrogens is 606 g/mol. The number of imide groups is 1. The Hall–Kier alpha value is -3.68. The van der Waals surface area contributed by atoms with Gasteiger partial charge in [0.15, 0.2) is 0 Å². The number of carboxylic acids is 1. The first-order valence-electron chi connectivity index (χ1n) is 13.2. The minimum absolute atomic E-state index is 0.101. The normalized spacial score (nSPS) is 28.9. The van der Waals surface area contributed by atoms with Crippen LogP contribution in [0.1, 0.15) is 28.3 Å². The number of nitro benzene ring substituents is 1. The molecule has 3 fully saturated rings. The fourth-order valence-corrected chi connectivity index (χ4v) is 10.6. The predicted molar refractivity (Wildman–Crippen MR) is 152 cm³/mol. The SMILES string of the molecule is O=C(O)CN1C(=O)[C@@H]2[C@H]3C[C@@H]([C@@H]2C1=O)[C@@H]1[C@H](c2cc([N+](=O)[O-])ccc2OCc2ccccc2Cl)c2sc(=O)[nH]c2S[C@H]31. The van der Waals surface area contributed by atoms with E-state index >= 15 is 0 Å². The Morgan fingerprint density at radius 3 is 2.60 bits per heavy atom. The first-order valence-corrected chi connectivity index (χ1v) is 15.3. The zero-order valence-electron chi connectivity index (χ0n) is 21.6. The predicted octanol–water partition coefficient (Wildman–Crippen LogP) is 4.13. The van der Waals surface area contributed by atoms with E-state index in [4.69, 9.17) is 16.3 Å². The highest BCUT2D eigenvalue weighted by Crippen LogP contribution is 2.69. The number of hydrogen-bond donors (Lipinski definition) is 2. The number of H-pyrrole nitrogens is 1. The number of carboxylic acid groups (broad SMARTS) is 1. The molecule has 2 aliphatic heterocycles. The van der Waals surface area contributed by atoms with Crippen molar-refractivity contribution in [3.05, 3.63) is 83.3 Å². The van der Waals surface area contributed by atoms with Crippen LogP contribution in [0.2, 0.25) is 5.02 Å². The third-order valence-corrected chi connectivity index (χ3v) is 11.9. The van der Waals surface area contributed by atoms with Gasteiger partial charge in [0.1, 0.15) is 18.9 Å². The zero-order chi connectivity index (χ0) is 29.4. The summed E-state index contributed by atoms with van der Waals surface area (Å²) in [5.74, 6) is -4.36. The number of aliphatic carboxylic acids is 1. The van der Waals surface area contributed by atoms with Gasteiger partial charge < -0.3 is 14.8 Å². The number of ether oxygens (including phenoxy) is 1. The third kappa shape index (κ3) is 4.08. The van der Waals surface area contributed by atoms with Gasteiger partial charge in [-0.05, 0) is 36.3 Å². The van der Waals surface area contributed by atoms with Gasteiger partial charge in [-0.15, -0.1) is 11.8 Å². The van der Waals surface area contributed by atoms with Gasteiger partial charge >= 0.3 is 10.8 Å². The number of rotatable bonds is 7. The Kier molecular flexibility index (Phi) is 6.44. The Morgan fingerprint density at radius 1 is 1.14 bits per heavy atom. The molecule has 4 aliphatic rings. The summed E-state index contributed by atoms with van der Waals surface area (Å²) in [7, 11) is 0. The first kappa shape index (κ1) is 27.2. The molecule has 2 bridgehead atoms. The average Bonchev–Trinajstić information content (AvgIpc) is 3.68. The Bertz CT molecular complexity index is 1740. The van der Waals surface area contributed by atoms with Crippen LogP contribution in [0.3, 0.4) is 0 Å². The molecule has 2 N–H and O–H groups in total. The molecule has 2 aromatic carbocycles. The van der Waals surface area contributed by atoms with E-state index in [1.165, 1.54) is 23.9 Å². The highest BCUT2D eigenvalue weighted by atomic mass is 35.5. The number of non-ortho nitro benzene ring substituents is 1. The fourth-order valence-electron chi connectivity index (χ4n) is 7.51. The number of aromatic amines is 1. The molecule has 3 aromatic rings. The van der Waals surface area contributed by atoms with Gasteiger partial charge in [-0.25, -0.2) is 0 Å². The molecule has 216 valence electrons. The number of thiazole rings is 1. The summed E-state index contributed by atoms with van der Waals surface area (Å²) in [5.41, 5.74) is 1.10. The number of nitrogens with one attached hydrogen (secondary N) is 1. The van der Waals surface area contributed by atoms with Crippen molar-refractivity contribution >= 4 is 58.2 Å².